The van der Waals surface area contributed by atoms with E-state index in [4.69, 9.17) is 5.11 Å². The number of carboxylic acids is 1. The van der Waals surface area contributed by atoms with Crippen LogP contribution in [0.25, 0.3) is 33.4 Å². The quantitative estimate of drug-likeness (QED) is 0.243. The van der Waals surface area contributed by atoms with Crippen LogP contribution >= 0.6 is 0 Å². The summed E-state index contributed by atoms with van der Waals surface area (Å²) in [6.45, 7) is 4.60. The van der Waals surface area contributed by atoms with Crippen LogP contribution in [0.4, 0.5) is 0 Å². The minimum atomic E-state index is -0.935. The van der Waals surface area contributed by atoms with Crippen LogP contribution in [0, 0.1) is 0 Å². The Morgan fingerprint density at radius 2 is 0.611 bits per heavy atom. The minimum Gasteiger partial charge on any atom is -0.478 e. The number of aliphatic carboxylic acids is 1. The third kappa shape index (κ3) is 8.27. The summed E-state index contributed by atoms with van der Waals surface area (Å²) in [5, 5.41) is 7.89. The molecule has 36 heavy (non-hydrogen) atoms. The van der Waals surface area contributed by atoms with Crippen LogP contribution in [0.2, 0.25) is 0 Å². The van der Waals surface area contributed by atoms with Crippen LogP contribution in [-0.4, -0.2) is 11.1 Å². The third-order valence-corrected chi connectivity index (χ3v) is 5.34. The average Bonchev–Trinajstić information content (AvgIpc) is 3.51. The second-order valence-corrected chi connectivity index (χ2v) is 8.13. The van der Waals surface area contributed by atoms with Crippen molar-refractivity contribution >= 4 is 5.97 Å². The second kappa shape index (κ2) is 13.9. The van der Waals surface area contributed by atoms with Gasteiger partial charge in [0.2, 0.25) is 0 Å². The predicted molar refractivity (Wildman–Crippen MR) is 152 cm³/mol. The monoisotopic (exact) mass is 470 g/mol. The zero-order chi connectivity index (χ0) is 25.6. The normalized spacial score (nSPS) is 9.58. The molecule has 178 valence electrons. The van der Waals surface area contributed by atoms with Crippen LogP contribution in [0.1, 0.15) is 6.92 Å². The molecular weight excluding hydrogens is 440 g/mol. The van der Waals surface area contributed by atoms with Gasteiger partial charge in [-0.2, -0.15) is 0 Å². The van der Waals surface area contributed by atoms with Gasteiger partial charge >= 0.3 is 5.97 Å². The summed E-state index contributed by atoms with van der Waals surface area (Å²) in [5.41, 5.74) is 8.04. The maximum atomic E-state index is 9.60. The summed E-state index contributed by atoms with van der Waals surface area (Å²) in [7, 11) is 0. The van der Waals surface area contributed by atoms with Crippen molar-refractivity contribution in [2.75, 3.05) is 0 Å². The molecule has 0 bridgehead atoms. The molecule has 1 N–H and O–H groups in total. The Labute approximate surface area is 213 Å². The van der Waals surface area contributed by atoms with Gasteiger partial charge in [-0.15, -0.1) is 0 Å². The van der Waals surface area contributed by atoms with Gasteiger partial charge in [0.1, 0.15) is 0 Å². The Morgan fingerprint density at radius 1 is 0.444 bits per heavy atom. The Morgan fingerprint density at radius 3 is 0.778 bits per heavy atom. The third-order valence-electron chi connectivity index (χ3n) is 5.34. The molecule has 0 aliphatic heterocycles. The molecule has 0 heterocycles. The SMILES string of the molecule is C=C(C)C(=O)O.c1ccc2cccc-2cc1.c1ccc2cccc-2cc1.c1ccc2cccc-2cc1. The fourth-order valence-electron chi connectivity index (χ4n) is 3.40. The first-order chi connectivity index (χ1) is 17.5. The topological polar surface area (TPSA) is 37.3 Å². The molecule has 0 unspecified atom stereocenters. The molecule has 2 nitrogen and oxygen atoms in total. The molecule has 6 rings (SSSR count). The highest BCUT2D eigenvalue weighted by atomic mass is 16.4. The Bertz CT molecular complexity index is 1150. The van der Waals surface area contributed by atoms with Crippen molar-refractivity contribution in [3.63, 3.8) is 0 Å². The summed E-state index contributed by atoms with van der Waals surface area (Å²) in [5.74, 6) is -0.935. The molecule has 6 aliphatic rings. The lowest BCUT2D eigenvalue weighted by molar-refractivity contribution is -0.132. The molecule has 0 fully saturated rings. The summed E-state index contributed by atoms with van der Waals surface area (Å²) < 4.78 is 0. The molecular formula is C34H30O2. The zero-order valence-electron chi connectivity index (χ0n) is 20.4. The molecule has 0 saturated heterocycles. The number of carbonyl (C=O) groups is 1. The van der Waals surface area contributed by atoms with Gasteiger partial charge in [0.25, 0.3) is 0 Å². The summed E-state index contributed by atoms with van der Waals surface area (Å²) in [4.78, 5) is 9.60. The van der Waals surface area contributed by atoms with Crippen LogP contribution in [0.5, 0.6) is 0 Å². The van der Waals surface area contributed by atoms with Gasteiger partial charge in [-0.1, -0.05) is 152 Å². The molecule has 6 aliphatic carbocycles. The first kappa shape index (κ1) is 25.9. The van der Waals surface area contributed by atoms with E-state index in [9.17, 15) is 4.79 Å². The highest BCUT2D eigenvalue weighted by Crippen LogP contribution is 2.21. The van der Waals surface area contributed by atoms with Gasteiger partial charge in [-0.25, -0.2) is 4.79 Å². The standard InChI is InChI=1S/3C10H8.C4H6O2/c3*1-2-5-9-7-4-8-10(9)6-3-1;1-3(2)4(5)6/h3*1-8H;1H2,2H3,(H,5,6). The summed E-state index contributed by atoms with van der Waals surface area (Å²) in [6.07, 6.45) is 0. The smallest absolute Gasteiger partial charge is 0.330 e. The minimum absolute atomic E-state index is 0.176. The van der Waals surface area contributed by atoms with E-state index in [-0.39, 0.29) is 5.57 Å². The van der Waals surface area contributed by atoms with E-state index in [1.165, 1.54) is 40.3 Å². The molecule has 0 spiro atoms. The fraction of sp³-hybridized carbons (Fsp3) is 0.0294. The van der Waals surface area contributed by atoms with E-state index in [0.29, 0.717) is 0 Å². The van der Waals surface area contributed by atoms with Crippen molar-refractivity contribution in [1.29, 1.82) is 0 Å². The number of carboxylic acid groups (broad SMARTS) is 1. The first-order valence-corrected chi connectivity index (χ1v) is 11.7. The number of rotatable bonds is 1. The molecule has 0 aromatic heterocycles. The molecule has 0 amide bonds. The number of hydrogen-bond acceptors (Lipinski definition) is 1. The number of fused-ring (bicyclic) bond motifs is 3. The Hall–Kier alpha value is -4.69. The lowest BCUT2D eigenvalue weighted by Gasteiger charge is -1.85. The lowest BCUT2D eigenvalue weighted by atomic mass is 10.2. The van der Waals surface area contributed by atoms with Crippen molar-refractivity contribution in [2.45, 2.75) is 6.92 Å². The van der Waals surface area contributed by atoms with Crippen molar-refractivity contribution in [1.82, 2.24) is 0 Å². The van der Waals surface area contributed by atoms with E-state index < -0.39 is 5.97 Å². The predicted octanol–water partition coefficient (Wildman–Crippen LogP) is 9.02. The van der Waals surface area contributed by atoms with Gasteiger partial charge in [-0.05, 0) is 40.3 Å². The van der Waals surface area contributed by atoms with Crippen molar-refractivity contribution in [2.24, 2.45) is 0 Å². The molecule has 0 aromatic carbocycles. The summed E-state index contributed by atoms with van der Waals surface area (Å²) in [6, 6.07) is 50.1. The van der Waals surface area contributed by atoms with E-state index in [1.54, 1.807) is 0 Å². The van der Waals surface area contributed by atoms with Crippen LogP contribution in [-0.2, 0) is 4.79 Å². The van der Waals surface area contributed by atoms with Gasteiger partial charge in [0, 0.05) is 5.57 Å². The Balaban J connectivity index is 0.000000136. The first-order valence-electron chi connectivity index (χ1n) is 11.7. The van der Waals surface area contributed by atoms with E-state index in [2.05, 4.69) is 134 Å². The van der Waals surface area contributed by atoms with E-state index in [1.807, 2.05) is 18.2 Å². The zero-order valence-corrected chi connectivity index (χ0v) is 20.4. The van der Waals surface area contributed by atoms with E-state index in [0.717, 1.165) is 0 Å². The molecule has 0 radical (unpaired) electrons. The van der Waals surface area contributed by atoms with Crippen molar-refractivity contribution in [3.8, 4) is 33.4 Å². The fourth-order valence-corrected chi connectivity index (χ4v) is 3.40. The van der Waals surface area contributed by atoms with Crippen LogP contribution in [0.15, 0.2) is 158 Å². The summed E-state index contributed by atoms with van der Waals surface area (Å²) >= 11 is 0. The van der Waals surface area contributed by atoms with Crippen LogP contribution in [0.3, 0.4) is 0 Å². The molecule has 0 saturated carbocycles. The Kier molecular flexibility index (Phi) is 10.00. The lowest BCUT2D eigenvalue weighted by Crippen LogP contribution is -1.92. The van der Waals surface area contributed by atoms with Gasteiger partial charge in [-0.3, -0.25) is 0 Å². The van der Waals surface area contributed by atoms with Crippen molar-refractivity contribution in [3.05, 3.63) is 158 Å². The second-order valence-electron chi connectivity index (χ2n) is 8.13. The maximum Gasteiger partial charge on any atom is 0.330 e. The van der Waals surface area contributed by atoms with Gasteiger partial charge in [0.15, 0.2) is 0 Å². The highest BCUT2D eigenvalue weighted by Gasteiger charge is 1.96. The highest BCUT2D eigenvalue weighted by molar-refractivity contribution is 5.84. The van der Waals surface area contributed by atoms with Gasteiger partial charge in [0.05, 0.1) is 0 Å². The van der Waals surface area contributed by atoms with E-state index >= 15 is 0 Å². The molecule has 0 atom stereocenters. The van der Waals surface area contributed by atoms with Crippen molar-refractivity contribution < 1.29 is 9.90 Å². The number of hydrogen-bond donors (Lipinski definition) is 1. The average molecular weight is 471 g/mol. The largest absolute Gasteiger partial charge is 0.478 e. The van der Waals surface area contributed by atoms with Gasteiger partial charge < -0.3 is 5.11 Å². The molecule has 0 aromatic rings. The maximum absolute atomic E-state index is 9.60. The molecule has 2 heteroatoms. The van der Waals surface area contributed by atoms with Crippen LogP contribution < -0.4 is 0 Å².